The number of halogens is 3. The first-order valence-corrected chi connectivity index (χ1v) is 6.92. The summed E-state index contributed by atoms with van der Waals surface area (Å²) in [7, 11) is 0. The van der Waals surface area contributed by atoms with E-state index < -0.39 is 11.6 Å². The molecule has 0 radical (unpaired) electrons. The maximum absolute atomic E-state index is 13.5. The van der Waals surface area contributed by atoms with Crippen LogP contribution >= 0.6 is 15.9 Å². The van der Waals surface area contributed by atoms with Gasteiger partial charge in [0.15, 0.2) is 11.6 Å². The SMILES string of the molecule is CC(N)Cc1ccc(Oc2cccc(F)c2F)c(Br)c1. The Hall–Kier alpha value is -1.46. The highest BCUT2D eigenvalue weighted by atomic mass is 79.9. The smallest absolute Gasteiger partial charge is 0.201 e. The minimum Gasteiger partial charge on any atom is -0.453 e. The Bertz CT molecular complexity index is 617. The van der Waals surface area contributed by atoms with E-state index in [1.54, 1.807) is 6.07 Å². The summed E-state index contributed by atoms with van der Waals surface area (Å²) in [5, 5.41) is 0. The zero-order valence-electron chi connectivity index (χ0n) is 10.9. The number of rotatable bonds is 4. The number of hydrogen-bond donors (Lipinski definition) is 1. The van der Waals surface area contributed by atoms with Crippen molar-refractivity contribution in [3.05, 3.63) is 58.1 Å². The third-order valence-corrected chi connectivity index (χ3v) is 3.31. The maximum Gasteiger partial charge on any atom is 0.201 e. The fraction of sp³-hybridized carbons (Fsp3) is 0.200. The fourth-order valence-electron chi connectivity index (χ4n) is 1.81. The Morgan fingerprint density at radius 1 is 1.20 bits per heavy atom. The number of hydrogen-bond acceptors (Lipinski definition) is 2. The third-order valence-electron chi connectivity index (χ3n) is 2.69. The van der Waals surface area contributed by atoms with Crippen LogP contribution in [-0.4, -0.2) is 6.04 Å². The van der Waals surface area contributed by atoms with Gasteiger partial charge in [-0.25, -0.2) is 4.39 Å². The molecule has 0 aliphatic carbocycles. The molecule has 0 aromatic heterocycles. The maximum atomic E-state index is 13.5. The van der Waals surface area contributed by atoms with Gasteiger partial charge in [-0.3, -0.25) is 0 Å². The van der Waals surface area contributed by atoms with Crippen LogP contribution in [0.25, 0.3) is 0 Å². The van der Waals surface area contributed by atoms with Crippen LogP contribution in [0, 0.1) is 11.6 Å². The Kier molecular flexibility index (Phi) is 4.73. The summed E-state index contributed by atoms with van der Waals surface area (Å²) in [5.41, 5.74) is 6.78. The van der Waals surface area contributed by atoms with Gasteiger partial charge in [0.05, 0.1) is 4.47 Å². The van der Waals surface area contributed by atoms with Crippen LogP contribution in [0.3, 0.4) is 0 Å². The molecule has 0 fully saturated rings. The standard InChI is InChI=1S/C15H14BrF2NO/c1-9(19)7-10-5-6-13(11(16)8-10)20-14-4-2-3-12(17)15(14)18/h2-6,8-9H,7,19H2,1H3. The first-order chi connectivity index (χ1) is 9.47. The summed E-state index contributed by atoms with van der Waals surface area (Å²) in [6, 6.07) is 9.27. The molecule has 2 nitrogen and oxygen atoms in total. The first-order valence-electron chi connectivity index (χ1n) is 6.13. The molecular formula is C15H14BrF2NO. The lowest BCUT2D eigenvalue weighted by molar-refractivity contribution is 0.414. The molecule has 2 N–H and O–H groups in total. The van der Waals surface area contributed by atoms with Crippen molar-refractivity contribution in [1.29, 1.82) is 0 Å². The van der Waals surface area contributed by atoms with Gasteiger partial charge in [0, 0.05) is 6.04 Å². The molecule has 0 heterocycles. The number of ether oxygens (including phenoxy) is 1. The van der Waals surface area contributed by atoms with Crippen LogP contribution in [0.4, 0.5) is 8.78 Å². The van der Waals surface area contributed by atoms with Gasteiger partial charge in [-0.1, -0.05) is 12.1 Å². The first kappa shape index (κ1) is 14.9. The Balaban J connectivity index is 2.24. The molecule has 0 aliphatic heterocycles. The van der Waals surface area contributed by atoms with Crippen LogP contribution in [0.15, 0.2) is 40.9 Å². The molecule has 20 heavy (non-hydrogen) atoms. The van der Waals surface area contributed by atoms with Gasteiger partial charge in [-0.15, -0.1) is 0 Å². The zero-order chi connectivity index (χ0) is 14.7. The minimum absolute atomic E-state index is 0.0503. The average Bonchev–Trinajstić information content (AvgIpc) is 2.37. The summed E-state index contributed by atoms with van der Waals surface area (Å²) in [6.45, 7) is 1.92. The second-order valence-electron chi connectivity index (χ2n) is 4.60. The van der Waals surface area contributed by atoms with Crippen molar-refractivity contribution in [3.63, 3.8) is 0 Å². The van der Waals surface area contributed by atoms with Gasteiger partial charge in [0.1, 0.15) is 5.75 Å². The van der Waals surface area contributed by atoms with E-state index in [-0.39, 0.29) is 11.8 Å². The summed E-state index contributed by atoms with van der Waals surface area (Å²) in [6.07, 6.45) is 0.729. The predicted molar refractivity (Wildman–Crippen MR) is 77.9 cm³/mol. The molecule has 0 aliphatic rings. The van der Waals surface area contributed by atoms with Crippen molar-refractivity contribution in [1.82, 2.24) is 0 Å². The van der Waals surface area contributed by atoms with E-state index in [0.717, 1.165) is 18.1 Å². The molecule has 2 rings (SSSR count). The molecule has 0 amide bonds. The molecule has 0 spiro atoms. The van der Waals surface area contributed by atoms with Gasteiger partial charge >= 0.3 is 0 Å². The summed E-state index contributed by atoms with van der Waals surface area (Å²) in [4.78, 5) is 0. The topological polar surface area (TPSA) is 35.2 Å². The van der Waals surface area contributed by atoms with E-state index in [9.17, 15) is 8.78 Å². The Morgan fingerprint density at radius 3 is 2.60 bits per heavy atom. The third kappa shape index (κ3) is 3.55. The van der Waals surface area contributed by atoms with Crippen LogP contribution in [0.1, 0.15) is 12.5 Å². The molecule has 5 heteroatoms. The van der Waals surface area contributed by atoms with Gasteiger partial charge in [-0.2, -0.15) is 4.39 Å². The molecule has 1 atom stereocenters. The highest BCUT2D eigenvalue weighted by Crippen LogP contribution is 2.32. The lowest BCUT2D eigenvalue weighted by Gasteiger charge is -2.11. The molecule has 106 valence electrons. The average molecular weight is 342 g/mol. The quantitative estimate of drug-likeness (QED) is 0.893. The van der Waals surface area contributed by atoms with Crippen molar-refractivity contribution < 1.29 is 13.5 Å². The van der Waals surface area contributed by atoms with Crippen LogP contribution in [-0.2, 0) is 6.42 Å². The molecule has 1 unspecified atom stereocenters. The van der Waals surface area contributed by atoms with E-state index in [0.29, 0.717) is 10.2 Å². The largest absolute Gasteiger partial charge is 0.453 e. The van der Waals surface area contributed by atoms with Gasteiger partial charge in [0.2, 0.25) is 5.82 Å². The second-order valence-corrected chi connectivity index (χ2v) is 5.45. The second kappa shape index (κ2) is 6.33. The molecule has 0 saturated carbocycles. The zero-order valence-corrected chi connectivity index (χ0v) is 12.5. The van der Waals surface area contributed by atoms with Crippen LogP contribution < -0.4 is 10.5 Å². The molecule has 2 aromatic carbocycles. The fourth-order valence-corrected chi connectivity index (χ4v) is 2.31. The molecule has 2 aromatic rings. The normalized spacial score (nSPS) is 12.2. The highest BCUT2D eigenvalue weighted by Gasteiger charge is 2.12. The molecule has 0 saturated heterocycles. The monoisotopic (exact) mass is 341 g/mol. The highest BCUT2D eigenvalue weighted by molar-refractivity contribution is 9.10. The lowest BCUT2D eigenvalue weighted by atomic mass is 10.1. The minimum atomic E-state index is -1.00. The number of nitrogens with two attached hydrogens (primary N) is 1. The summed E-state index contributed by atoms with van der Waals surface area (Å²) >= 11 is 3.36. The van der Waals surface area contributed by atoms with Gasteiger partial charge < -0.3 is 10.5 Å². The predicted octanol–water partition coefficient (Wildman–Crippen LogP) is 4.41. The van der Waals surface area contributed by atoms with E-state index in [1.165, 1.54) is 12.1 Å². The van der Waals surface area contributed by atoms with E-state index >= 15 is 0 Å². The van der Waals surface area contributed by atoms with Crippen molar-refractivity contribution in [2.24, 2.45) is 5.73 Å². The van der Waals surface area contributed by atoms with Crippen LogP contribution in [0.2, 0.25) is 0 Å². The summed E-state index contributed by atoms with van der Waals surface area (Å²) in [5.74, 6) is -1.67. The van der Waals surface area contributed by atoms with Gasteiger partial charge in [0.25, 0.3) is 0 Å². The Morgan fingerprint density at radius 2 is 1.95 bits per heavy atom. The molecule has 0 bridgehead atoms. The van der Waals surface area contributed by atoms with Crippen LogP contribution in [0.5, 0.6) is 11.5 Å². The van der Waals surface area contributed by atoms with Crippen molar-refractivity contribution >= 4 is 15.9 Å². The Labute approximate surface area is 124 Å². The summed E-state index contributed by atoms with van der Waals surface area (Å²) < 4.78 is 32.7. The lowest BCUT2D eigenvalue weighted by Crippen LogP contribution is -2.17. The van der Waals surface area contributed by atoms with E-state index in [4.69, 9.17) is 10.5 Å². The molecular weight excluding hydrogens is 328 g/mol. The van der Waals surface area contributed by atoms with Crippen molar-refractivity contribution in [2.45, 2.75) is 19.4 Å². The van der Waals surface area contributed by atoms with E-state index in [2.05, 4.69) is 15.9 Å². The number of benzene rings is 2. The van der Waals surface area contributed by atoms with E-state index in [1.807, 2.05) is 19.1 Å². The van der Waals surface area contributed by atoms with Gasteiger partial charge in [-0.05, 0) is 59.1 Å². The van der Waals surface area contributed by atoms with Crippen molar-refractivity contribution in [3.8, 4) is 11.5 Å². The van der Waals surface area contributed by atoms with Crippen molar-refractivity contribution in [2.75, 3.05) is 0 Å².